The third-order valence-electron chi connectivity index (χ3n) is 5.84. The van der Waals surface area contributed by atoms with Crippen LogP contribution in [0, 0.1) is 0 Å². The molecule has 4 rings (SSSR count). The van der Waals surface area contributed by atoms with Gasteiger partial charge in [0.25, 0.3) is 5.56 Å². The molecule has 35 heavy (non-hydrogen) atoms. The maximum absolute atomic E-state index is 13.5. The predicted molar refractivity (Wildman–Crippen MR) is 122 cm³/mol. The Morgan fingerprint density at radius 2 is 1.77 bits per heavy atom. The summed E-state index contributed by atoms with van der Waals surface area (Å²) in [7, 11) is 0. The normalized spacial score (nSPS) is 15.4. The molecule has 8 nitrogen and oxygen atoms in total. The number of nitrogens with zero attached hydrogens (tertiary/aromatic N) is 5. The lowest BCUT2D eigenvalue weighted by Crippen LogP contribution is -2.42. The highest BCUT2D eigenvalue weighted by Gasteiger charge is 2.34. The highest BCUT2D eigenvalue weighted by atomic mass is 19.4. The van der Waals surface area contributed by atoms with Crippen LogP contribution in [-0.2, 0) is 17.5 Å². The molecule has 0 aliphatic carbocycles. The van der Waals surface area contributed by atoms with Gasteiger partial charge in [-0.1, -0.05) is 0 Å². The van der Waals surface area contributed by atoms with Gasteiger partial charge in [0, 0.05) is 37.2 Å². The highest BCUT2D eigenvalue weighted by molar-refractivity contribution is 5.71. The van der Waals surface area contributed by atoms with Crippen LogP contribution in [0.25, 0.3) is 11.2 Å². The Bertz CT molecular complexity index is 1290. The highest BCUT2D eigenvalue weighted by Crippen LogP contribution is 2.32. The van der Waals surface area contributed by atoms with Gasteiger partial charge in [-0.25, -0.2) is 9.78 Å². The molecule has 0 atom stereocenters. The summed E-state index contributed by atoms with van der Waals surface area (Å²) in [6.45, 7) is 5.78. The second kappa shape index (κ2) is 9.27. The Morgan fingerprint density at radius 1 is 1.09 bits per heavy atom. The zero-order chi connectivity index (χ0) is 25.4. The summed E-state index contributed by atoms with van der Waals surface area (Å²) in [5.41, 5.74) is -1.20. The van der Waals surface area contributed by atoms with Crippen molar-refractivity contribution in [3.8, 4) is 0 Å². The summed E-state index contributed by atoms with van der Waals surface area (Å²) in [5.74, 6) is -0.190. The van der Waals surface area contributed by atoms with E-state index in [1.807, 2.05) is 0 Å². The van der Waals surface area contributed by atoms with E-state index in [9.17, 15) is 22.8 Å². The molecule has 0 bridgehead atoms. The number of likely N-dealkylation sites (tertiary alicyclic amines) is 1. The number of hydrogen-bond donors (Lipinski definition) is 0. The van der Waals surface area contributed by atoms with Crippen molar-refractivity contribution in [1.29, 1.82) is 0 Å². The first-order valence-corrected chi connectivity index (χ1v) is 11.3. The maximum atomic E-state index is 13.5. The van der Waals surface area contributed by atoms with Crippen LogP contribution in [-0.4, -0.2) is 49.2 Å². The summed E-state index contributed by atoms with van der Waals surface area (Å²) in [4.78, 5) is 39.9. The van der Waals surface area contributed by atoms with Gasteiger partial charge in [0.2, 0.25) is 0 Å². The van der Waals surface area contributed by atoms with Gasteiger partial charge < -0.3 is 9.64 Å². The molecule has 0 aromatic carbocycles. The molecular formula is C24H26F3N5O3. The van der Waals surface area contributed by atoms with Crippen LogP contribution < -0.4 is 5.56 Å². The van der Waals surface area contributed by atoms with Crippen molar-refractivity contribution in [2.75, 3.05) is 13.1 Å². The van der Waals surface area contributed by atoms with Crippen LogP contribution in [0.15, 0.2) is 41.6 Å². The second-order valence-corrected chi connectivity index (χ2v) is 9.49. The molecule has 3 aromatic rings. The molecule has 0 unspecified atom stereocenters. The Labute approximate surface area is 199 Å². The largest absolute Gasteiger partial charge is 0.444 e. The fourth-order valence-electron chi connectivity index (χ4n) is 4.22. The van der Waals surface area contributed by atoms with E-state index < -0.39 is 35.5 Å². The summed E-state index contributed by atoms with van der Waals surface area (Å²) in [5, 5.41) is 0. The Morgan fingerprint density at radius 3 is 2.43 bits per heavy atom. The first-order valence-electron chi connectivity index (χ1n) is 11.3. The number of aromatic nitrogens is 4. The molecule has 1 saturated heterocycles. The van der Waals surface area contributed by atoms with Crippen LogP contribution in [0.4, 0.5) is 18.0 Å². The molecule has 1 fully saturated rings. The van der Waals surface area contributed by atoms with Gasteiger partial charge in [-0.15, -0.1) is 0 Å². The van der Waals surface area contributed by atoms with E-state index in [1.54, 1.807) is 31.7 Å². The zero-order valence-electron chi connectivity index (χ0n) is 19.7. The van der Waals surface area contributed by atoms with Gasteiger partial charge in [-0.3, -0.25) is 19.3 Å². The monoisotopic (exact) mass is 489 g/mol. The molecule has 1 aliphatic heterocycles. The number of hydrogen-bond acceptors (Lipinski definition) is 6. The van der Waals surface area contributed by atoms with Crippen molar-refractivity contribution in [2.24, 2.45) is 0 Å². The predicted octanol–water partition coefficient (Wildman–Crippen LogP) is 4.37. The lowest BCUT2D eigenvalue weighted by atomic mass is 9.90. The number of carbonyl (C=O) groups excluding carboxylic acids is 1. The number of rotatable bonds is 3. The minimum absolute atomic E-state index is 0.186. The summed E-state index contributed by atoms with van der Waals surface area (Å²) < 4.78 is 47.3. The standard InChI is InChI=1S/C24H26F3N5O3/c1-23(2,3)35-22(34)31-11-6-15(7-12-31)16-13-18-20(30-10-9-29-18)32(21(16)33)14-19-17(24(25,26)27)5-4-8-28-19/h4-5,8-10,13,15H,6-7,11-12,14H2,1-3H3. The SMILES string of the molecule is CC(C)(C)OC(=O)N1CCC(c2cc3nccnc3n(Cc3ncccc3C(F)(F)F)c2=O)CC1. The third kappa shape index (κ3) is 5.44. The van der Waals surface area contributed by atoms with E-state index in [4.69, 9.17) is 4.74 Å². The summed E-state index contributed by atoms with van der Waals surface area (Å²) >= 11 is 0. The van der Waals surface area contributed by atoms with Crippen molar-refractivity contribution in [1.82, 2.24) is 24.4 Å². The lowest BCUT2D eigenvalue weighted by molar-refractivity contribution is -0.138. The topological polar surface area (TPSA) is 90.2 Å². The summed E-state index contributed by atoms with van der Waals surface area (Å²) in [6.07, 6.45) is 0.122. The van der Waals surface area contributed by atoms with Crippen LogP contribution in [0.3, 0.4) is 0 Å². The maximum Gasteiger partial charge on any atom is 0.418 e. The minimum atomic E-state index is -4.61. The van der Waals surface area contributed by atoms with Crippen molar-refractivity contribution >= 4 is 17.3 Å². The Balaban J connectivity index is 1.67. The van der Waals surface area contributed by atoms with Crippen molar-refractivity contribution < 1.29 is 22.7 Å². The number of carbonyl (C=O) groups is 1. The smallest absolute Gasteiger partial charge is 0.418 e. The number of halogens is 3. The lowest BCUT2D eigenvalue weighted by Gasteiger charge is -2.33. The van der Waals surface area contributed by atoms with Crippen LogP contribution in [0.5, 0.6) is 0 Å². The molecular weight excluding hydrogens is 463 g/mol. The van der Waals surface area contributed by atoms with Crippen LogP contribution in [0.2, 0.25) is 0 Å². The molecule has 1 aliphatic rings. The zero-order valence-corrected chi connectivity index (χ0v) is 19.7. The first kappa shape index (κ1) is 24.6. The van der Waals surface area contributed by atoms with Crippen molar-refractivity contribution in [3.05, 3.63) is 64.0 Å². The van der Waals surface area contributed by atoms with Gasteiger partial charge in [0.15, 0.2) is 5.65 Å². The fourth-order valence-corrected chi connectivity index (χ4v) is 4.22. The van der Waals surface area contributed by atoms with Gasteiger partial charge in [0.05, 0.1) is 17.8 Å². The van der Waals surface area contributed by atoms with E-state index in [0.717, 1.165) is 6.07 Å². The Kier molecular flexibility index (Phi) is 6.52. The fraction of sp³-hybridized carbons (Fsp3) is 0.458. The van der Waals surface area contributed by atoms with Gasteiger partial charge in [-0.05, 0) is 57.7 Å². The summed E-state index contributed by atoms with van der Waals surface area (Å²) in [6, 6.07) is 3.80. The molecule has 1 amide bonds. The van der Waals surface area contributed by atoms with Gasteiger partial charge >= 0.3 is 12.3 Å². The molecule has 4 heterocycles. The number of ether oxygens (including phenoxy) is 1. The van der Waals surface area contributed by atoms with Crippen LogP contribution >= 0.6 is 0 Å². The second-order valence-electron chi connectivity index (χ2n) is 9.49. The number of pyridine rings is 2. The number of alkyl halides is 3. The number of piperidine rings is 1. The van der Waals surface area contributed by atoms with E-state index in [-0.39, 0.29) is 17.3 Å². The molecule has 186 valence electrons. The third-order valence-corrected chi connectivity index (χ3v) is 5.84. The van der Waals surface area contributed by atoms with E-state index in [2.05, 4.69) is 15.0 Å². The van der Waals surface area contributed by atoms with Crippen molar-refractivity contribution in [3.63, 3.8) is 0 Å². The first-order chi connectivity index (χ1) is 16.4. The van der Waals surface area contributed by atoms with E-state index in [0.29, 0.717) is 37.0 Å². The molecule has 0 radical (unpaired) electrons. The molecule has 0 spiro atoms. The molecule has 0 saturated carbocycles. The van der Waals surface area contributed by atoms with Crippen molar-refractivity contribution in [2.45, 2.75) is 57.9 Å². The molecule has 3 aromatic heterocycles. The molecule has 11 heteroatoms. The van der Waals surface area contributed by atoms with E-state index in [1.165, 1.54) is 29.2 Å². The van der Waals surface area contributed by atoms with Gasteiger partial charge in [-0.2, -0.15) is 13.2 Å². The number of fused-ring (bicyclic) bond motifs is 1. The average molecular weight is 489 g/mol. The van der Waals surface area contributed by atoms with E-state index >= 15 is 0 Å². The van der Waals surface area contributed by atoms with Crippen LogP contribution in [0.1, 0.15) is 56.4 Å². The van der Waals surface area contributed by atoms with Gasteiger partial charge in [0.1, 0.15) is 11.1 Å². The Hall–Kier alpha value is -3.50. The minimum Gasteiger partial charge on any atom is -0.444 e. The molecule has 0 N–H and O–H groups in total. The number of amides is 1. The quantitative estimate of drug-likeness (QED) is 0.543. The average Bonchev–Trinajstić information content (AvgIpc) is 2.79.